The maximum absolute atomic E-state index is 11.0. The number of aryl methyl sites for hydroxylation is 1. The monoisotopic (exact) mass is 236 g/mol. The molecule has 16 heavy (non-hydrogen) atoms. The minimum atomic E-state index is -0.550. The van der Waals surface area contributed by atoms with Crippen molar-refractivity contribution in [2.45, 2.75) is 6.92 Å². The van der Waals surface area contributed by atoms with E-state index >= 15 is 0 Å². The molecule has 0 saturated heterocycles. The van der Waals surface area contributed by atoms with Crippen LogP contribution < -0.4 is 5.73 Å². The van der Waals surface area contributed by atoms with Crippen LogP contribution in [-0.4, -0.2) is 20.7 Å². The van der Waals surface area contributed by atoms with Crippen LogP contribution in [0.25, 0.3) is 5.69 Å². The van der Waals surface area contributed by atoms with Gasteiger partial charge in [-0.25, -0.2) is 9.67 Å². The van der Waals surface area contributed by atoms with Crippen molar-refractivity contribution in [3.8, 4) is 5.69 Å². The maximum Gasteiger partial charge on any atom is 0.250 e. The van der Waals surface area contributed by atoms with Gasteiger partial charge in [0.05, 0.1) is 16.3 Å². The highest BCUT2D eigenvalue weighted by Gasteiger charge is 2.08. The zero-order valence-corrected chi connectivity index (χ0v) is 9.27. The predicted molar refractivity (Wildman–Crippen MR) is 59.6 cm³/mol. The Morgan fingerprint density at radius 3 is 2.75 bits per heavy atom. The number of aromatic nitrogens is 3. The van der Waals surface area contributed by atoms with Crippen molar-refractivity contribution in [3.05, 3.63) is 40.9 Å². The fourth-order valence-corrected chi connectivity index (χ4v) is 1.58. The number of carbonyl (C=O) groups excluding carboxylic acids is 1. The second-order valence-electron chi connectivity index (χ2n) is 3.26. The van der Waals surface area contributed by atoms with Gasteiger partial charge in [-0.2, -0.15) is 5.10 Å². The first-order valence-electron chi connectivity index (χ1n) is 4.56. The maximum atomic E-state index is 11.0. The minimum Gasteiger partial charge on any atom is -0.366 e. The van der Waals surface area contributed by atoms with Crippen molar-refractivity contribution >= 4 is 17.5 Å². The van der Waals surface area contributed by atoms with Gasteiger partial charge in [0, 0.05) is 0 Å². The molecule has 0 aliphatic heterocycles. The van der Waals surface area contributed by atoms with Gasteiger partial charge in [-0.05, 0) is 25.1 Å². The lowest BCUT2D eigenvalue weighted by Crippen LogP contribution is -2.11. The highest BCUT2D eigenvalue weighted by atomic mass is 35.5. The van der Waals surface area contributed by atoms with Crippen molar-refractivity contribution in [1.29, 1.82) is 0 Å². The number of carbonyl (C=O) groups is 1. The first-order chi connectivity index (χ1) is 7.58. The zero-order chi connectivity index (χ0) is 11.7. The first-order valence-corrected chi connectivity index (χ1v) is 4.93. The molecule has 5 nitrogen and oxygen atoms in total. The number of nitrogens with two attached hydrogens (primary N) is 1. The van der Waals surface area contributed by atoms with E-state index in [2.05, 4.69) is 10.1 Å². The molecule has 0 fully saturated rings. The topological polar surface area (TPSA) is 73.8 Å². The Labute approximate surface area is 96.8 Å². The second kappa shape index (κ2) is 3.94. The third kappa shape index (κ3) is 1.90. The molecule has 1 aromatic heterocycles. The highest BCUT2D eigenvalue weighted by molar-refractivity contribution is 6.33. The molecule has 2 rings (SSSR count). The van der Waals surface area contributed by atoms with Gasteiger partial charge in [0.1, 0.15) is 12.2 Å². The molecule has 0 aliphatic rings. The highest BCUT2D eigenvalue weighted by Crippen LogP contribution is 2.19. The van der Waals surface area contributed by atoms with Gasteiger partial charge in [0.2, 0.25) is 5.91 Å². The van der Waals surface area contributed by atoms with Gasteiger partial charge in [0.15, 0.2) is 0 Å². The summed E-state index contributed by atoms with van der Waals surface area (Å²) >= 11 is 5.92. The molecule has 0 spiro atoms. The van der Waals surface area contributed by atoms with E-state index in [1.165, 1.54) is 0 Å². The first kappa shape index (κ1) is 10.6. The molecule has 6 heteroatoms. The summed E-state index contributed by atoms with van der Waals surface area (Å²) in [5.74, 6) is 0.112. The van der Waals surface area contributed by atoms with E-state index in [-0.39, 0.29) is 0 Å². The van der Waals surface area contributed by atoms with E-state index in [1.54, 1.807) is 36.1 Å². The quantitative estimate of drug-likeness (QED) is 0.855. The summed E-state index contributed by atoms with van der Waals surface area (Å²) in [6.07, 6.45) is 1.57. The van der Waals surface area contributed by atoms with E-state index in [4.69, 9.17) is 17.3 Å². The molecule has 0 saturated carbocycles. The van der Waals surface area contributed by atoms with Gasteiger partial charge in [0.25, 0.3) is 0 Å². The zero-order valence-electron chi connectivity index (χ0n) is 8.51. The van der Waals surface area contributed by atoms with Gasteiger partial charge >= 0.3 is 0 Å². The summed E-state index contributed by atoms with van der Waals surface area (Å²) < 4.78 is 1.58. The molecule has 0 bridgehead atoms. The summed E-state index contributed by atoms with van der Waals surface area (Å²) in [4.78, 5) is 15.0. The van der Waals surface area contributed by atoms with Crippen molar-refractivity contribution in [2.75, 3.05) is 0 Å². The molecule has 1 aromatic carbocycles. The average Bonchev–Trinajstić information content (AvgIpc) is 2.64. The van der Waals surface area contributed by atoms with Crippen molar-refractivity contribution < 1.29 is 4.79 Å². The van der Waals surface area contributed by atoms with Crippen LogP contribution >= 0.6 is 11.6 Å². The van der Waals surface area contributed by atoms with E-state index in [9.17, 15) is 4.79 Å². The Morgan fingerprint density at radius 1 is 1.50 bits per heavy atom. The van der Waals surface area contributed by atoms with Crippen LogP contribution in [0.3, 0.4) is 0 Å². The summed E-state index contributed by atoms with van der Waals surface area (Å²) in [5, 5.41) is 4.43. The number of rotatable bonds is 2. The number of amides is 1. The van der Waals surface area contributed by atoms with E-state index in [0.29, 0.717) is 16.4 Å². The van der Waals surface area contributed by atoms with Gasteiger partial charge < -0.3 is 5.73 Å². The Hall–Kier alpha value is -1.88. The predicted octanol–water partition coefficient (Wildman–Crippen LogP) is 1.33. The normalized spacial score (nSPS) is 10.4. The van der Waals surface area contributed by atoms with Gasteiger partial charge in [-0.3, -0.25) is 4.79 Å². The van der Waals surface area contributed by atoms with Crippen LogP contribution in [0.4, 0.5) is 0 Å². The van der Waals surface area contributed by atoms with Crippen LogP contribution in [0.15, 0.2) is 24.5 Å². The van der Waals surface area contributed by atoms with Crippen LogP contribution in [0.1, 0.15) is 16.2 Å². The van der Waals surface area contributed by atoms with E-state index in [0.717, 1.165) is 5.69 Å². The third-order valence-corrected chi connectivity index (χ3v) is 2.40. The largest absolute Gasteiger partial charge is 0.366 e. The van der Waals surface area contributed by atoms with E-state index in [1.807, 2.05) is 0 Å². The minimum absolute atomic E-state index is 0.294. The Kier molecular flexibility index (Phi) is 2.62. The Balaban J connectivity index is 2.45. The number of benzene rings is 1. The summed E-state index contributed by atoms with van der Waals surface area (Å²) in [6.45, 7) is 1.79. The molecule has 2 N–H and O–H groups in total. The van der Waals surface area contributed by atoms with Gasteiger partial charge in [-0.15, -0.1) is 0 Å². The van der Waals surface area contributed by atoms with Crippen LogP contribution in [-0.2, 0) is 0 Å². The molecule has 2 aromatic rings. The van der Waals surface area contributed by atoms with E-state index < -0.39 is 5.91 Å². The van der Waals surface area contributed by atoms with Crippen molar-refractivity contribution in [2.24, 2.45) is 5.73 Å². The Bertz CT molecular complexity index is 550. The fraction of sp³-hybridized carbons (Fsp3) is 0.100. The lowest BCUT2D eigenvalue weighted by atomic mass is 10.2. The fourth-order valence-electron chi connectivity index (χ4n) is 1.32. The smallest absolute Gasteiger partial charge is 0.250 e. The molecule has 82 valence electrons. The molecule has 1 heterocycles. The molecular formula is C10H9ClN4O. The van der Waals surface area contributed by atoms with Gasteiger partial charge in [-0.1, -0.05) is 11.6 Å². The number of nitrogens with zero attached hydrogens (tertiary/aromatic N) is 3. The lowest BCUT2D eigenvalue weighted by molar-refractivity contribution is 0.100. The average molecular weight is 237 g/mol. The molecule has 0 unspecified atom stereocenters. The second-order valence-corrected chi connectivity index (χ2v) is 3.67. The third-order valence-electron chi connectivity index (χ3n) is 2.09. The summed E-state index contributed by atoms with van der Waals surface area (Å²) in [5.41, 5.74) is 6.18. The van der Waals surface area contributed by atoms with Crippen LogP contribution in [0.2, 0.25) is 5.02 Å². The van der Waals surface area contributed by atoms with Crippen LogP contribution in [0, 0.1) is 6.92 Å². The number of halogens is 1. The molecule has 0 atom stereocenters. The molecule has 0 radical (unpaired) electrons. The summed E-state index contributed by atoms with van der Waals surface area (Å²) in [6, 6.07) is 4.90. The molecule has 0 aliphatic carbocycles. The number of hydrogen-bond donors (Lipinski definition) is 1. The lowest BCUT2D eigenvalue weighted by Gasteiger charge is -2.03. The molecular weight excluding hydrogens is 228 g/mol. The number of hydrogen-bond acceptors (Lipinski definition) is 3. The van der Waals surface area contributed by atoms with Crippen molar-refractivity contribution in [3.63, 3.8) is 0 Å². The van der Waals surface area contributed by atoms with Crippen molar-refractivity contribution in [1.82, 2.24) is 14.8 Å². The molecule has 1 amide bonds. The number of primary amides is 1. The Morgan fingerprint density at radius 2 is 2.25 bits per heavy atom. The van der Waals surface area contributed by atoms with Crippen LogP contribution in [0.5, 0.6) is 0 Å². The SMILES string of the molecule is Cc1ncn(-c2ccc(C(N)=O)c(Cl)c2)n1. The standard InChI is InChI=1S/C10H9ClN4O/c1-6-13-5-15(14-6)7-2-3-8(10(12)16)9(11)4-7/h2-5H,1H3,(H2,12,16). The summed E-state index contributed by atoms with van der Waals surface area (Å²) in [7, 11) is 0.